The molecule has 0 radical (unpaired) electrons. The molecule has 2 bridgehead atoms. The molecule has 2 heterocycles. The van der Waals surface area contributed by atoms with Gasteiger partial charge in [0.25, 0.3) is 0 Å². The van der Waals surface area contributed by atoms with Crippen molar-refractivity contribution >= 4 is 29.8 Å². The maximum absolute atomic E-state index is 13.3. The Morgan fingerprint density at radius 2 is 2.02 bits per heavy atom. The summed E-state index contributed by atoms with van der Waals surface area (Å²) in [6.45, 7) is 1.96. The standard InChI is InChI=1S/C33H45N7O9/c1-39(14-12-36-29(45)20(3-2-11-37-30(34)35)38-24(42)16-25(43)44)31(46)48-22-8-9-33(47)23-15-19-6-7-21(41)27-26(19)32(33,28(22)49-27)10-13-40(23)17-18-4-5-18/h6-8,18,20,23,28,41,47H,2-5,9-17H2,1H3,(H,36,45)(H,38,42)(H,43,44)(H4,34,35,37)/t20-,23-,28+,32+,33-/m1/s1. The van der Waals surface area contributed by atoms with Gasteiger partial charge in [-0.2, -0.15) is 0 Å². The topological polar surface area (TPSA) is 242 Å². The third-order valence-electron chi connectivity index (χ3n) is 10.6. The van der Waals surface area contributed by atoms with Gasteiger partial charge in [0.05, 0.1) is 11.0 Å². The molecule has 3 aliphatic carbocycles. The van der Waals surface area contributed by atoms with Gasteiger partial charge in [-0.3, -0.25) is 24.3 Å². The van der Waals surface area contributed by atoms with E-state index in [1.165, 1.54) is 24.8 Å². The van der Waals surface area contributed by atoms with Gasteiger partial charge in [0.1, 0.15) is 18.2 Å². The predicted octanol–water partition coefficient (Wildman–Crippen LogP) is -0.352. The fourth-order valence-corrected chi connectivity index (χ4v) is 8.06. The fourth-order valence-electron chi connectivity index (χ4n) is 8.06. The molecule has 1 saturated heterocycles. The third-order valence-corrected chi connectivity index (χ3v) is 10.6. The quantitative estimate of drug-likeness (QED) is 0.0576. The fraction of sp³-hybridized carbons (Fsp3) is 0.606. The molecule has 1 spiro atoms. The number of aliphatic hydroxyl groups is 1. The van der Waals surface area contributed by atoms with Crippen molar-refractivity contribution in [2.45, 2.75) is 80.6 Å². The van der Waals surface area contributed by atoms with Crippen LogP contribution in [0.4, 0.5) is 4.79 Å². The molecule has 0 unspecified atom stereocenters. The molecule has 9 N–H and O–H groups in total. The molecule has 6 rings (SSSR count). The molecule has 49 heavy (non-hydrogen) atoms. The first-order valence-electron chi connectivity index (χ1n) is 16.8. The molecule has 3 amide bonds. The summed E-state index contributed by atoms with van der Waals surface area (Å²) < 4.78 is 12.3. The number of hydrogen-bond donors (Lipinski definition) is 7. The molecular weight excluding hydrogens is 638 g/mol. The van der Waals surface area contributed by atoms with Crippen molar-refractivity contribution in [3.8, 4) is 11.5 Å². The Hall–Kier alpha value is -4.57. The van der Waals surface area contributed by atoms with Gasteiger partial charge in [0.2, 0.25) is 11.8 Å². The number of likely N-dealkylation sites (tertiary alicyclic amines) is 1. The van der Waals surface area contributed by atoms with Crippen LogP contribution in [0.5, 0.6) is 11.5 Å². The number of carboxylic acids is 1. The number of piperidine rings is 1. The van der Waals surface area contributed by atoms with Crippen molar-refractivity contribution in [1.29, 1.82) is 0 Å². The number of hydrogen-bond acceptors (Lipinski definition) is 10. The summed E-state index contributed by atoms with van der Waals surface area (Å²) in [5.41, 5.74) is 10.4. The summed E-state index contributed by atoms with van der Waals surface area (Å²) in [5.74, 6) is -1.60. The second-order valence-corrected chi connectivity index (χ2v) is 13.8. The van der Waals surface area contributed by atoms with E-state index >= 15 is 0 Å². The molecule has 1 aromatic carbocycles. The van der Waals surface area contributed by atoms with E-state index in [2.05, 4.69) is 20.5 Å². The van der Waals surface area contributed by atoms with Crippen molar-refractivity contribution in [1.82, 2.24) is 20.4 Å². The van der Waals surface area contributed by atoms with Gasteiger partial charge in [-0.1, -0.05) is 6.07 Å². The van der Waals surface area contributed by atoms with Crippen LogP contribution < -0.4 is 26.8 Å². The summed E-state index contributed by atoms with van der Waals surface area (Å²) in [6.07, 6.45) is 3.79. The van der Waals surface area contributed by atoms with E-state index < -0.39 is 53.5 Å². The number of amides is 3. The smallest absolute Gasteiger partial charge is 0.414 e. The van der Waals surface area contributed by atoms with E-state index in [1.807, 2.05) is 6.07 Å². The van der Waals surface area contributed by atoms with Crippen LogP contribution in [-0.2, 0) is 31.0 Å². The monoisotopic (exact) mass is 683 g/mol. The number of guanidine groups is 1. The van der Waals surface area contributed by atoms with Crippen molar-refractivity contribution in [2.75, 3.05) is 39.8 Å². The van der Waals surface area contributed by atoms with E-state index in [0.717, 1.165) is 24.2 Å². The first-order valence-corrected chi connectivity index (χ1v) is 16.8. The minimum absolute atomic E-state index is 0.00742. The normalized spacial score (nSPS) is 26.7. The number of rotatable bonds is 14. The van der Waals surface area contributed by atoms with Crippen LogP contribution in [-0.4, -0.2) is 119 Å². The Labute approximate surface area is 283 Å². The van der Waals surface area contributed by atoms with Gasteiger partial charge in [-0.25, -0.2) is 4.79 Å². The van der Waals surface area contributed by atoms with E-state index in [0.29, 0.717) is 30.9 Å². The number of nitrogens with zero attached hydrogens (tertiary/aromatic N) is 3. The maximum atomic E-state index is 13.3. The van der Waals surface area contributed by atoms with Crippen LogP contribution in [0.3, 0.4) is 0 Å². The van der Waals surface area contributed by atoms with Gasteiger partial charge < -0.3 is 51.8 Å². The van der Waals surface area contributed by atoms with Crippen LogP contribution in [0, 0.1) is 5.92 Å². The molecule has 266 valence electrons. The summed E-state index contributed by atoms with van der Waals surface area (Å²) in [4.78, 5) is 56.8. The summed E-state index contributed by atoms with van der Waals surface area (Å²) >= 11 is 0. The molecule has 16 nitrogen and oxygen atoms in total. The summed E-state index contributed by atoms with van der Waals surface area (Å²) in [6, 6.07) is 2.35. The lowest BCUT2D eigenvalue weighted by Gasteiger charge is -2.62. The van der Waals surface area contributed by atoms with Crippen LogP contribution in [0.2, 0.25) is 0 Å². The number of aliphatic imine (C=N–C) groups is 1. The molecule has 5 atom stereocenters. The Kier molecular flexibility index (Phi) is 9.37. The predicted molar refractivity (Wildman–Crippen MR) is 174 cm³/mol. The lowest BCUT2D eigenvalue weighted by molar-refractivity contribution is -0.169. The van der Waals surface area contributed by atoms with E-state index in [1.54, 1.807) is 12.1 Å². The number of likely N-dealkylation sites (N-methyl/N-ethyl adjacent to an activating group) is 1. The highest BCUT2D eigenvalue weighted by Gasteiger charge is 2.72. The zero-order chi connectivity index (χ0) is 35.1. The molecular formula is C33H45N7O9. The number of ether oxygens (including phenoxy) is 2. The molecule has 5 aliphatic rings. The minimum atomic E-state index is -1.33. The Bertz CT molecular complexity index is 1580. The summed E-state index contributed by atoms with van der Waals surface area (Å²) in [7, 11) is 1.51. The number of aromatic hydroxyl groups is 1. The Morgan fingerprint density at radius 3 is 2.73 bits per heavy atom. The van der Waals surface area contributed by atoms with Gasteiger partial charge in [-0.05, 0) is 68.7 Å². The number of phenolic OH excluding ortho intramolecular Hbond substituents is 1. The number of nitrogens with one attached hydrogen (secondary N) is 2. The van der Waals surface area contributed by atoms with Gasteiger partial charge in [0.15, 0.2) is 23.6 Å². The number of nitrogens with two attached hydrogens (primary N) is 2. The first kappa shape index (κ1) is 34.3. The number of carbonyl (C=O) groups excluding carboxylic acids is 3. The zero-order valence-electron chi connectivity index (χ0n) is 27.5. The highest BCUT2D eigenvalue weighted by Crippen LogP contribution is 2.65. The molecule has 1 aromatic rings. The Morgan fingerprint density at radius 1 is 1.24 bits per heavy atom. The van der Waals surface area contributed by atoms with Crippen LogP contribution in [0.25, 0.3) is 0 Å². The minimum Gasteiger partial charge on any atom is -0.504 e. The van der Waals surface area contributed by atoms with Crippen molar-refractivity contribution in [3.05, 3.63) is 35.1 Å². The highest BCUT2D eigenvalue weighted by molar-refractivity contribution is 5.96. The van der Waals surface area contributed by atoms with Crippen LogP contribution in [0.1, 0.15) is 56.1 Å². The van der Waals surface area contributed by atoms with Gasteiger partial charge in [-0.15, -0.1) is 0 Å². The molecule has 2 aliphatic heterocycles. The second-order valence-electron chi connectivity index (χ2n) is 13.8. The number of phenols is 1. The number of benzene rings is 1. The molecule has 1 saturated carbocycles. The lowest BCUT2D eigenvalue weighted by Crippen LogP contribution is -2.75. The largest absolute Gasteiger partial charge is 0.504 e. The van der Waals surface area contributed by atoms with Gasteiger partial charge in [0, 0.05) is 51.3 Å². The molecule has 16 heteroatoms. The van der Waals surface area contributed by atoms with Crippen molar-refractivity contribution in [3.63, 3.8) is 0 Å². The summed E-state index contributed by atoms with van der Waals surface area (Å²) in [5, 5.41) is 37.4. The SMILES string of the molecule is CN(CCNC(=O)[C@@H](CCCN=C(N)N)NC(=O)CC(=O)O)C(=O)OC1=CC[C@@]2(O)[C@H]3Cc4ccc(O)c5c4[C@@]2(CCN3CC2CC2)[C@H]1O5. The Balaban J connectivity index is 1.10. The van der Waals surface area contributed by atoms with Gasteiger partial charge >= 0.3 is 12.1 Å². The van der Waals surface area contributed by atoms with Crippen molar-refractivity contribution in [2.24, 2.45) is 22.4 Å². The number of aliphatic carboxylic acids is 1. The molecule has 2 fully saturated rings. The van der Waals surface area contributed by atoms with E-state index in [4.69, 9.17) is 26.0 Å². The zero-order valence-corrected chi connectivity index (χ0v) is 27.5. The number of carboxylic acid groups (broad SMARTS) is 1. The average Bonchev–Trinajstić information content (AvgIpc) is 3.78. The molecule has 0 aromatic heterocycles. The van der Waals surface area contributed by atoms with Crippen molar-refractivity contribution < 1.29 is 44.0 Å². The van der Waals surface area contributed by atoms with Crippen LogP contribution >= 0.6 is 0 Å². The third kappa shape index (κ3) is 6.46. The number of carbonyl (C=O) groups is 4. The van der Waals surface area contributed by atoms with Crippen LogP contribution in [0.15, 0.2) is 29.0 Å². The average molecular weight is 684 g/mol. The lowest BCUT2D eigenvalue weighted by atomic mass is 9.50. The first-order chi connectivity index (χ1) is 23.3. The van der Waals surface area contributed by atoms with E-state index in [9.17, 15) is 29.4 Å². The maximum Gasteiger partial charge on any atom is 0.414 e. The second kappa shape index (κ2) is 13.4. The highest BCUT2D eigenvalue weighted by atomic mass is 16.6. The van der Waals surface area contributed by atoms with E-state index in [-0.39, 0.29) is 56.0 Å².